The molecule has 5 rings (SSSR count). The fourth-order valence-electron chi connectivity index (χ4n) is 4.04. The zero-order valence-electron chi connectivity index (χ0n) is 21.0. The fourth-order valence-corrected chi connectivity index (χ4v) is 4.16. The van der Waals surface area contributed by atoms with E-state index in [1.54, 1.807) is 90.8 Å². The number of hydrogen-bond acceptors (Lipinski definition) is 5. The summed E-state index contributed by atoms with van der Waals surface area (Å²) in [5, 5.41) is 8.05. The van der Waals surface area contributed by atoms with Gasteiger partial charge in [-0.2, -0.15) is 5.10 Å². The molecule has 1 heterocycles. The molecule has 5 aromatic rings. The van der Waals surface area contributed by atoms with Gasteiger partial charge < -0.3 is 14.8 Å². The van der Waals surface area contributed by atoms with Crippen molar-refractivity contribution >= 4 is 29.2 Å². The molecule has 0 aliphatic heterocycles. The quantitative estimate of drug-likeness (QED) is 0.222. The summed E-state index contributed by atoms with van der Waals surface area (Å²) >= 11 is 6.09. The molecule has 4 aromatic carbocycles. The van der Waals surface area contributed by atoms with Crippen molar-refractivity contribution in [1.82, 2.24) is 9.78 Å². The van der Waals surface area contributed by atoms with Gasteiger partial charge >= 0.3 is 5.97 Å². The van der Waals surface area contributed by atoms with E-state index in [0.717, 1.165) is 5.69 Å². The molecular weight excluding hydrogens is 514 g/mol. The number of aromatic nitrogens is 2. The second kappa shape index (κ2) is 11.7. The maximum absolute atomic E-state index is 13.7. The first-order chi connectivity index (χ1) is 19.0. The van der Waals surface area contributed by atoms with E-state index >= 15 is 0 Å². The highest BCUT2D eigenvalue weighted by molar-refractivity contribution is 6.30. The molecule has 1 amide bonds. The van der Waals surface area contributed by atoms with Gasteiger partial charge in [0.15, 0.2) is 0 Å². The molecule has 0 fully saturated rings. The molecule has 0 radical (unpaired) electrons. The number of methoxy groups -OCH3 is 1. The third-order valence-electron chi connectivity index (χ3n) is 5.98. The average molecular weight is 538 g/mol. The van der Waals surface area contributed by atoms with Gasteiger partial charge in [0.05, 0.1) is 12.8 Å². The van der Waals surface area contributed by atoms with Crippen LogP contribution >= 0.6 is 11.6 Å². The van der Waals surface area contributed by atoms with Gasteiger partial charge in [0, 0.05) is 34.1 Å². The van der Waals surface area contributed by atoms with E-state index in [-0.39, 0.29) is 5.56 Å². The molecule has 0 saturated heterocycles. The molecule has 1 N–H and O–H groups in total. The van der Waals surface area contributed by atoms with Gasteiger partial charge in [-0.3, -0.25) is 4.79 Å². The van der Waals surface area contributed by atoms with Gasteiger partial charge in [-0.1, -0.05) is 78.3 Å². The Bertz CT molecular complexity index is 1590. The van der Waals surface area contributed by atoms with Crippen LogP contribution in [0.25, 0.3) is 16.9 Å². The third kappa shape index (κ3) is 6.00. The van der Waals surface area contributed by atoms with E-state index in [2.05, 4.69) is 10.4 Å². The summed E-state index contributed by atoms with van der Waals surface area (Å²) < 4.78 is 12.7. The monoisotopic (exact) mass is 537 g/mol. The summed E-state index contributed by atoms with van der Waals surface area (Å²) in [6.45, 7) is 0. The summed E-state index contributed by atoms with van der Waals surface area (Å²) in [6.07, 6.45) is 0.381. The third-order valence-corrected chi connectivity index (χ3v) is 6.23. The van der Waals surface area contributed by atoms with Crippen molar-refractivity contribution in [2.45, 2.75) is 6.10 Å². The van der Waals surface area contributed by atoms with Crippen LogP contribution in [0.15, 0.2) is 115 Å². The van der Waals surface area contributed by atoms with Gasteiger partial charge in [0.1, 0.15) is 17.0 Å². The van der Waals surface area contributed by atoms with Gasteiger partial charge in [0.2, 0.25) is 6.10 Å². The van der Waals surface area contributed by atoms with Crippen LogP contribution in [0.5, 0.6) is 5.75 Å². The lowest BCUT2D eigenvalue weighted by molar-refractivity contribution is -0.125. The normalized spacial score (nSPS) is 11.4. The highest BCUT2D eigenvalue weighted by Gasteiger charge is 2.29. The van der Waals surface area contributed by atoms with Crippen LogP contribution in [-0.2, 0) is 9.53 Å². The van der Waals surface area contributed by atoms with Crippen molar-refractivity contribution in [1.29, 1.82) is 0 Å². The Morgan fingerprint density at radius 2 is 1.56 bits per heavy atom. The Morgan fingerprint density at radius 1 is 0.872 bits per heavy atom. The predicted octanol–water partition coefficient (Wildman–Crippen LogP) is 6.74. The molecule has 1 aromatic heterocycles. The number of hydrogen-bond donors (Lipinski definition) is 1. The summed E-state index contributed by atoms with van der Waals surface area (Å²) in [4.78, 5) is 27.1. The highest BCUT2D eigenvalue weighted by atomic mass is 35.5. The molecule has 0 aliphatic rings. The molecular formula is C31H24ClN3O4. The number of amides is 1. The number of benzene rings is 4. The second-order valence-corrected chi connectivity index (χ2v) is 9.03. The standard InChI is InChI=1S/C31H24ClN3O4/c1-38-26-14-8-11-24(19-26)33-30(36)29(22-9-4-2-5-10-22)39-31(37)27-20-35(25-12-6-3-7-13-25)34-28(27)21-15-17-23(32)18-16-21/h2-20,29H,1H3,(H,33,36)/t29-/m0/s1. The van der Waals surface area contributed by atoms with Crippen molar-refractivity contribution in [3.63, 3.8) is 0 Å². The zero-order chi connectivity index (χ0) is 27.2. The van der Waals surface area contributed by atoms with E-state index in [4.69, 9.17) is 21.1 Å². The number of carbonyl (C=O) groups excluding carboxylic acids is 2. The first-order valence-corrected chi connectivity index (χ1v) is 12.5. The van der Waals surface area contributed by atoms with Crippen LogP contribution in [0.2, 0.25) is 5.02 Å². The maximum atomic E-state index is 13.7. The molecule has 8 heteroatoms. The molecule has 0 bridgehead atoms. The number of rotatable bonds is 8. The minimum Gasteiger partial charge on any atom is -0.497 e. The largest absolute Gasteiger partial charge is 0.497 e. The van der Waals surface area contributed by atoms with Crippen molar-refractivity contribution in [2.24, 2.45) is 0 Å². The highest BCUT2D eigenvalue weighted by Crippen LogP contribution is 2.29. The Labute approximate surface area is 230 Å². The van der Waals surface area contributed by atoms with Crippen molar-refractivity contribution < 1.29 is 19.1 Å². The van der Waals surface area contributed by atoms with E-state index in [0.29, 0.717) is 33.3 Å². The Morgan fingerprint density at radius 3 is 2.26 bits per heavy atom. The first-order valence-electron chi connectivity index (χ1n) is 12.1. The molecule has 194 valence electrons. The topological polar surface area (TPSA) is 82.5 Å². The Hall–Kier alpha value is -4.88. The molecule has 0 spiro atoms. The molecule has 0 unspecified atom stereocenters. The predicted molar refractivity (Wildman–Crippen MR) is 150 cm³/mol. The van der Waals surface area contributed by atoms with E-state index in [1.165, 1.54) is 0 Å². The number of nitrogens with one attached hydrogen (secondary N) is 1. The van der Waals surface area contributed by atoms with E-state index in [1.807, 2.05) is 36.4 Å². The van der Waals surface area contributed by atoms with Crippen LogP contribution in [0.4, 0.5) is 5.69 Å². The van der Waals surface area contributed by atoms with Crippen LogP contribution in [0, 0.1) is 0 Å². The lowest BCUT2D eigenvalue weighted by atomic mass is 10.1. The number of para-hydroxylation sites is 1. The molecule has 39 heavy (non-hydrogen) atoms. The second-order valence-electron chi connectivity index (χ2n) is 8.60. The van der Waals surface area contributed by atoms with Gasteiger partial charge in [-0.05, 0) is 36.4 Å². The zero-order valence-corrected chi connectivity index (χ0v) is 21.7. The van der Waals surface area contributed by atoms with Crippen LogP contribution < -0.4 is 10.1 Å². The lowest BCUT2D eigenvalue weighted by Crippen LogP contribution is -2.26. The number of anilines is 1. The number of ether oxygens (including phenoxy) is 2. The summed E-state index contributed by atoms with van der Waals surface area (Å²) in [6, 6.07) is 32.2. The average Bonchev–Trinajstić information content (AvgIpc) is 3.43. The molecule has 7 nitrogen and oxygen atoms in total. The lowest BCUT2D eigenvalue weighted by Gasteiger charge is -2.18. The Balaban J connectivity index is 1.50. The summed E-state index contributed by atoms with van der Waals surface area (Å²) in [5.41, 5.74) is 3.09. The smallest absolute Gasteiger partial charge is 0.343 e. The minimum absolute atomic E-state index is 0.205. The van der Waals surface area contributed by atoms with Crippen molar-refractivity contribution in [3.05, 3.63) is 132 Å². The minimum atomic E-state index is -1.22. The molecule has 0 aliphatic carbocycles. The van der Waals surface area contributed by atoms with Crippen molar-refractivity contribution in [2.75, 3.05) is 12.4 Å². The Kier molecular flexibility index (Phi) is 7.70. The molecule has 1 atom stereocenters. The van der Waals surface area contributed by atoms with E-state index < -0.39 is 18.0 Å². The summed E-state index contributed by atoms with van der Waals surface area (Å²) in [7, 11) is 1.55. The van der Waals surface area contributed by atoms with Crippen LogP contribution in [-0.4, -0.2) is 28.8 Å². The molecule has 0 saturated carbocycles. The first kappa shape index (κ1) is 25.8. The maximum Gasteiger partial charge on any atom is 0.343 e. The van der Waals surface area contributed by atoms with Gasteiger partial charge in [-0.25, -0.2) is 9.48 Å². The van der Waals surface area contributed by atoms with Crippen LogP contribution in [0.3, 0.4) is 0 Å². The van der Waals surface area contributed by atoms with Gasteiger partial charge in [-0.15, -0.1) is 0 Å². The number of carbonyl (C=O) groups is 2. The number of esters is 1. The fraction of sp³-hybridized carbons (Fsp3) is 0.0645. The summed E-state index contributed by atoms with van der Waals surface area (Å²) in [5.74, 6) is -0.620. The van der Waals surface area contributed by atoms with E-state index in [9.17, 15) is 9.59 Å². The van der Waals surface area contributed by atoms with Crippen LogP contribution in [0.1, 0.15) is 22.0 Å². The van der Waals surface area contributed by atoms with Crippen molar-refractivity contribution in [3.8, 4) is 22.7 Å². The van der Waals surface area contributed by atoms with Gasteiger partial charge in [0.25, 0.3) is 5.91 Å². The number of halogens is 1. The SMILES string of the molecule is COc1cccc(NC(=O)[C@@H](OC(=O)c2cn(-c3ccccc3)nc2-c2ccc(Cl)cc2)c2ccccc2)c1. The number of nitrogens with zero attached hydrogens (tertiary/aromatic N) is 2.